The number of hydrogen-bond donors (Lipinski definition) is 0. The lowest BCUT2D eigenvalue weighted by atomic mass is 9.82. The molecule has 2 heterocycles. The van der Waals surface area contributed by atoms with Crippen molar-refractivity contribution in [2.24, 2.45) is 0 Å². The van der Waals surface area contributed by atoms with E-state index in [1.807, 2.05) is 12.1 Å². The van der Waals surface area contributed by atoms with Gasteiger partial charge in [0.05, 0.1) is 42.5 Å². The molecule has 7 nitrogen and oxygen atoms in total. The van der Waals surface area contributed by atoms with E-state index in [0.717, 1.165) is 0 Å². The number of amides is 2. The maximum absolute atomic E-state index is 14.0. The number of hydrogen-bond acceptors (Lipinski definition) is 5. The topological polar surface area (TPSA) is 89.6 Å². The van der Waals surface area contributed by atoms with Gasteiger partial charge in [0.2, 0.25) is 0 Å². The molecule has 0 saturated carbocycles. The van der Waals surface area contributed by atoms with Gasteiger partial charge in [-0.2, -0.15) is 10.5 Å². The van der Waals surface area contributed by atoms with Gasteiger partial charge in [-0.05, 0) is 66.2 Å². The summed E-state index contributed by atoms with van der Waals surface area (Å²) in [6.07, 6.45) is -4.87. The summed E-state index contributed by atoms with van der Waals surface area (Å²) in [5.41, 5.74) is 1.29. The fourth-order valence-electron chi connectivity index (χ4n) is 4.72. The normalized spacial score (nSPS) is 18.5. The number of nitrogens with zero attached hydrogens (tertiary/aromatic N) is 4. The molecule has 0 unspecified atom stereocenters. The van der Waals surface area contributed by atoms with Crippen LogP contribution in [-0.2, 0) is 4.74 Å². The van der Waals surface area contributed by atoms with Crippen molar-refractivity contribution in [2.45, 2.75) is 17.9 Å². The van der Waals surface area contributed by atoms with Crippen LogP contribution < -0.4 is 14.5 Å². The summed E-state index contributed by atoms with van der Waals surface area (Å²) in [7, 11) is 0. The fourth-order valence-corrected chi connectivity index (χ4v) is 4.72. The minimum atomic E-state index is -4.87. The van der Waals surface area contributed by atoms with Gasteiger partial charge in [-0.15, -0.1) is 13.2 Å². The molecule has 180 valence electrons. The Morgan fingerprint density at radius 1 is 0.917 bits per heavy atom. The Kier molecular flexibility index (Phi) is 5.54. The quantitative estimate of drug-likeness (QED) is 0.496. The molecule has 2 saturated heterocycles. The van der Waals surface area contributed by atoms with Gasteiger partial charge in [0.15, 0.2) is 0 Å². The highest BCUT2D eigenvalue weighted by molar-refractivity contribution is 6.09. The smallest absolute Gasteiger partial charge is 0.406 e. The van der Waals surface area contributed by atoms with Crippen LogP contribution in [0.4, 0.5) is 29.3 Å². The van der Waals surface area contributed by atoms with E-state index in [4.69, 9.17) is 10.00 Å². The van der Waals surface area contributed by atoms with Crippen molar-refractivity contribution >= 4 is 17.4 Å². The zero-order valence-corrected chi connectivity index (χ0v) is 18.6. The Labute approximate surface area is 204 Å². The molecule has 2 amide bonds. The summed E-state index contributed by atoms with van der Waals surface area (Å²) in [6.45, 7) is 0.279. The molecule has 1 spiro atoms. The molecule has 1 atom stereocenters. The van der Waals surface area contributed by atoms with E-state index in [2.05, 4.69) is 4.74 Å². The number of nitriles is 2. The fraction of sp³-hybridized carbons (Fsp3) is 0.192. The van der Waals surface area contributed by atoms with Crippen LogP contribution in [-0.4, -0.2) is 31.1 Å². The number of anilines is 2. The van der Waals surface area contributed by atoms with Crippen molar-refractivity contribution in [1.29, 1.82) is 10.5 Å². The largest absolute Gasteiger partial charge is 0.573 e. The number of benzene rings is 3. The molecule has 2 fully saturated rings. The number of rotatable bonds is 4. The third-order valence-corrected chi connectivity index (χ3v) is 6.25. The van der Waals surface area contributed by atoms with E-state index in [1.54, 1.807) is 59.5 Å². The molecule has 0 aromatic heterocycles. The van der Waals surface area contributed by atoms with E-state index in [-0.39, 0.29) is 13.2 Å². The van der Waals surface area contributed by atoms with E-state index >= 15 is 0 Å². The van der Waals surface area contributed by atoms with Crippen LogP contribution in [0.3, 0.4) is 0 Å². The van der Waals surface area contributed by atoms with Crippen LogP contribution in [0.2, 0.25) is 0 Å². The first-order valence-corrected chi connectivity index (χ1v) is 10.8. The van der Waals surface area contributed by atoms with Gasteiger partial charge in [-0.1, -0.05) is 12.1 Å². The van der Waals surface area contributed by atoms with Crippen LogP contribution in [0.25, 0.3) is 0 Å². The van der Waals surface area contributed by atoms with Crippen LogP contribution >= 0.6 is 0 Å². The molecule has 2 aliphatic heterocycles. The summed E-state index contributed by atoms with van der Waals surface area (Å²) in [6, 6.07) is 21.3. The second kappa shape index (κ2) is 8.59. The third-order valence-electron chi connectivity index (χ3n) is 6.25. The van der Waals surface area contributed by atoms with Gasteiger partial charge >= 0.3 is 12.4 Å². The summed E-state index contributed by atoms with van der Waals surface area (Å²) in [4.78, 5) is 17.0. The van der Waals surface area contributed by atoms with Crippen molar-refractivity contribution in [3.8, 4) is 17.9 Å². The molecule has 2 aliphatic rings. The average molecular weight is 490 g/mol. The van der Waals surface area contributed by atoms with Crippen LogP contribution in [0, 0.1) is 22.7 Å². The van der Waals surface area contributed by atoms with Gasteiger partial charge < -0.3 is 9.47 Å². The predicted octanol–water partition coefficient (Wildman–Crippen LogP) is 5.29. The number of carbonyl (C=O) groups excluding carboxylic acids is 1. The van der Waals surface area contributed by atoms with Gasteiger partial charge in [-0.3, -0.25) is 9.80 Å². The molecule has 3 aromatic rings. The standard InChI is InChI=1S/C26H17F3N4O3/c27-26(28,29)36-22-3-1-2-19(12-22)23-25(15-35-16-25)33(21-10-6-18(14-31)7-11-21)24(34)32(23)20-8-4-17(13-30)5-9-20/h1-12,23H,15-16H2/t23-/m1/s1. The van der Waals surface area contributed by atoms with E-state index in [9.17, 15) is 23.2 Å². The molecule has 0 radical (unpaired) electrons. The first-order valence-electron chi connectivity index (χ1n) is 10.8. The van der Waals surface area contributed by atoms with E-state index in [0.29, 0.717) is 28.1 Å². The first-order chi connectivity index (χ1) is 17.3. The molecular formula is C26H17F3N4O3. The van der Waals surface area contributed by atoms with Gasteiger partial charge in [0.25, 0.3) is 0 Å². The Morgan fingerprint density at radius 2 is 1.50 bits per heavy atom. The Hall–Kier alpha value is -4.54. The Morgan fingerprint density at radius 3 is 2.00 bits per heavy atom. The lowest BCUT2D eigenvalue weighted by Crippen LogP contribution is -2.62. The molecular weight excluding hydrogens is 473 g/mol. The van der Waals surface area contributed by atoms with Crippen molar-refractivity contribution in [3.05, 3.63) is 89.5 Å². The van der Waals surface area contributed by atoms with Crippen molar-refractivity contribution in [1.82, 2.24) is 0 Å². The van der Waals surface area contributed by atoms with Gasteiger partial charge in [0, 0.05) is 11.4 Å². The number of ether oxygens (including phenoxy) is 2. The molecule has 5 rings (SSSR count). The zero-order valence-electron chi connectivity index (χ0n) is 18.6. The summed E-state index contributed by atoms with van der Waals surface area (Å²) in [5.74, 6) is -0.403. The van der Waals surface area contributed by atoms with Gasteiger partial charge in [-0.25, -0.2) is 4.79 Å². The molecule has 10 heteroatoms. The van der Waals surface area contributed by atoms with Crippen LogP contribution in [0.5, 0.6) is 5.75 Å². The molecule has 36 heavy (non-hydrogen) atoms. The lowest BCUT2D eigenvalue weighted by Gasteiger charge is -2.47. The molecule has 3 aromatic carbocycles. The van der Waals surface area contributed by atoms with Crippen molar-refractivity contribution in [2.75, 3.05) is 23.0 Å². The second-order valence-corrected chi connectivity index (χ2v) is 8.42. The minimum absolute atomic E-state index is 0.139. The highest BCUT2D eigenvalue weighted by atomic mass is 19.4. The average Bonchev–Trinajstić information content (AvgIpc) is 3.13. The predicted molar refractivity (Wildman–Crippen MR) is 122 cm³/mol. The van der Waals surface area contributed by atoms with E-state index < -0.39 is 29.7 Å². The summed E-state index contributed by atoms with van der Waals surface area (Å²) < 4.78 is 48.5. The number of carbonyl (C=O) groups is 1. The lowest BCUT2D eigenvalue weighted by molar-refractivity contribution is -0.274. The maximum Gasteiger partial charge on any atom is 0.573 e. The first kappa shape index (κ1) is 23.2. The van der Waals surface area contributed by atoms with Crippen molar-refractivity contribution < 1.29 is 27.4 Å². The van der Waals surface area contributed by atoms with Crippen LogP contribution in [0.15, 0.2) is 72.8 Å². The summed E-state index contributed by atoms with van der Waals surface area (Å²) in [5, 5.41) is 18.3. The Bertz CT molecular complexity index is 1390. The monoisotopic (exact) mass is 490 g/mol. The minimum Gasteiger partial charge on any atom is -0.406 e. The third kappa shape index (κ3) is 3.88. The van der Waals surface area contributed by atoms with E-state index in [1.165, 1.54) is 23.1 Å². The summed E-state index contributed by atoms with van der Waals surface area (Å²) >= 11 is 0. The SMILES string of the molecule is N#Cc1ccc(N2C(=O)N(c3ccc(C#N)cc3)C3(COC3)[C@H]2c2cccc(OC(F)(F)F)c2)cc1. The van der Waals surface area contributed by atoms with Gasteiger partial charge in [0.1, 0.15) is 11.3 Å². The highest BCUT2D eigenvalue weighted by Gasteiger charge is 2.63. The maximum atomic E-state index is 14.0. The van der Waals surface area contributed by atoms with Crippen molar-refractivity contribution in [3.63, 3.8) is 0 Å². The number of urea groups is 1. The number of alkyl halides is 3. The molecule has 0 aliphatic carbocycles. The Balaban J connectivity index is 1.66. The molecule has 0 bridgehead atoms. The number of halogens is 3. The molecule has 0 N–H and O–H groups in total. The van der Waals surface area contributed by atoms with Crippen LogP contribution in [0.1, 0.15) is 22.7 Å². The zero-order chi connectivity index (χ0) is 25.5. The second-order valence-electron chi connectivity index (χ2n) is 8.42. The highest BCUT2D eigenvalue weighted by Crippen LogP contribution is 2.51.